The lowest BCUT2D eigenvalue weighted by atomic mass is 10.0. The zero-order valence-electron chi connectivity index (χ0n) is 11.6. The number of nitrogens with zero attached hydrogens (tertiary/aromatic N) is 1. The van der Waals surface area contributed by atoms with E-state index in [4.69, 9.17) is 5.11 Å². The SMILES string of the molecule is CN(C)C(=O)c1ccc(-c2c[nH]c(=O)cc2C(=O)O)cc1. The molecular formula is C15H14N2O4. The molecule has 0 radical (unpaired) electrons. The summed E-state index contributed by atoms with van der Waals surface area (Å²) in [5.41, 5.74) is 0.955. The molecule has 2 N–H and O–H groups in total. The highest BCUT2D eigenvalue weighted by Crippen LogP contribution is 2.22. The van der Waals surface area contributed by atoms with E-state index in [-0.39, 0.29) is 11.5 Å². The molecule has 0 aliphatic rings. The first-order valence-electron chi connectivity index (χ1n) is 6.18. The molecule has 0 atom stereocenters. The van der Waals surface area contributed by atoms with Gasteiger partial charge in [-0.3, -0.25) is 9.59 Å². The van der Waals surface area contributed by atoms with Crippen LogP contribution in [-0.4, -0.2) is 41.0 Å². The molecule has 0 unspecified atom stereocenters. The van der Waals surface area contributed by atoms with Crippen LogP contribution in [0.4, 0.5) is 0 Å². The maximum Gasteiger partial charge on any atom is 0.336 e. The number of aromatic carboxylic acids is 1. The highest BCUT2D eigenvalue weighted by atomic mass is 16.4. The van der Waals surface area contributed by atoms with E-state index in [2.05, 4.69) is 4.98 Å². The van der Waals surface area contributed by atoms with E-state index in [1.807, 2.05) is 0 Å². The van der Waals surface area contributed by atoms with Gasteiger partial charge in [-0.05, 0) is 17.7 Å². The second-order valence-electron chi connectivity index (χ2n) is 4.71. The number of hydrogen-bond donors (Lipinski definition) is 2. The summed E-state index contributed by atoms with van der Waals surface area (Å²) in [6.45, 7) is 0. The Kier molecular flexibility index (Phi) is 3.89. The third-order valence-electron chi connectivity index (χ3n) is 3.00. The minimum atomic E-state index is -1.18. The Morgan fingerprint density at radius 3 is 2.29 bits per heavy atom. The van der Waals surface area contributed by atoms with Crippen molar-refractivity contribution >= 4 is 11.9 Å². The molecule has 108 valence electrons. The number of nitrogens with one attached hydrogen (secondary N) is 1. The van der Waals surface area contributed by atoms with Crippen LogP contribution in [0.5, 0.6) is 0 Å². The summed E-state index contributed by atoms with van der Waals surface area (Å²) in [5.74, 6) is -1.31. The molecule has 2 rings (SSSR count). The summed E-state index contributed by atoms with van der Waals surface area (Å²) in [5, 5.41) is 9.15. The van der Waals surface area contributed by atoms with Gasteiger partial charge in [0, 0.05) is 37.5 Å². The molecule has 0 bridgehead atoms. The Morgan fingerprint density at radius 1 is 1.14 bits per heavy atom. The van der Waals surface area contributed by atoms with Gasteiger partial charge in [-0.15, -0.1) is 0 Å². The molecule has 0 aliphatic carbocycles. The van der Waals surface area contributed by atoms with Crippen LogP contribution in [0.1, 0.15) is 20.7 Å². The fourth-order valence-corrected chi connectivity index (χ4v) is 1.94. The van der Waals surface area contributed by atoms with Crippen LogP contribution >= 0.6 is 0 Å². The third kappa shape index (κ3) is 3.00. The standard InChI is InChI=1S/C15H14N2O4/c1-17(2)14(19)10-5-3-9(4-6-10)12-8-16-13(18)7-11(12)15(20)21/h3-8H,1-2H3,(H,16,18)(H,20,21). The van der Waals surface area contributed by atoms with Gasteiger partial charge in [0.15, 0.2) is 0 Å². The maximum atomic E-state index is 11.8. The Balaban J connectivity index is 2.47. The predicted molar refractivity (Wildman–Crippen MR) is 77.5 cm³/mol. The predicted octanol–water partition coefficient (Wildman–Crippen LogP) is 1.44. The second-order valence-corrected chi connectivity index (χ2v) is 4.71. The van der Waals surface area contributed by atoms with Gasteiger partial charge in [0.1, 0.15) is 0 Å². The van der Waals surface area contributed by atoms with Gasteiger partial charge in [-0.2, -0.15) is 0 Å². The smallest absolute Gasteiger partial charge is 0.336 e. The molecule has 1 amide bonds. The third-order valence-corrected chi connectivity index (χ3v) is 3.00. The van der Waals surface area contributed by atoms with Crippen molar-refractivity contribution in [2.24, 2.45) is 0 Å². The van der Waals surface area contributed by atoms with E-state index in [9.17, 15) is 14.4 Å². The van der Waals surface area contributed by atoms with E-state index >= 15 is 0 Å². The first-order chi connectivity index (χ1) is 9.90. The second kappa shape index (κ2) is 5.62. The van der Waals surface area contributed by atoms with E-state index in [1.54, 1.807) is 38.4 Å². The maximum absolute atomic E-state index is 11.8. The molecule has 1 aromatic heterocycles. The van der Waals surface area contributed by atoms with E-state index in [1.165, 1.54) is 11.1 Å². The Bertz CT molecular complexity index is 745. The number of rotatable bonds is 3. The van der Waals surface area contributed by atoms with Crippen LogP contribution < -0.4 is 5.56 Å². The molecule has 21 heavy (non-hydrogen) atoms. The average molecular weight is 286 g/mol. The van der Waals surface area contributed by atoms with Crippen molar-refractivity contribution in [3.05, 3.63) is 58.0 Å². The zero-order valence-corrected chi connectivity index (χ0v) is 11.6. The molecule has 1 heterocycles. The van der Waals surface area contributed by atoms with Gasteiger partial charge < -0.3 is 15.0 Å². The number of carbonyl (C=O) groups is 2. The Morgan fingerprint density at radius 2 is 1.76 bits per heavy atom. The van der Waals surface area contributed by atoms with Gasteiger partial charge in [-0.1, -0.05) is 12.1 Å². The first-order valence-corrected chi connectivity index (χ1v) is 6.18. The van der Waals surface area contributed by atoms with Crippen molar-refractivity contribution < 1.29 is 14.7 Å². The van der Waals surface area contributed by atoms with Crippen LogP contribution in [0.3, 0.4) is 0 Å². The lowest BCUT2D eigenvalue weighted by molar-refractivity contribution is 0.0697. The number of H-pyrrole nitrogens is 1. The number of amides is 1. The van der Waals surface area contributed by atoms with E-state index < -0.39 is 11.5 Å². The average Bonchev–Trinajstić information content (AvgIpc) is 2.46. The summed E-state index contributed by atoms with van der Waals surface area (Å²) < 4.78 is 0. The fraction of sp³-hybridized carbons (Fsp3) is 0.133. The summed E-state index contributed by atoms with van der Waals surface area (Å²) >= 11 is 0. The normalized spacial score (nSPS) is 10.2. The number of benzene rings is 1. The Hall–Kier alpha value is -2.89. The highest BCUT2D eigenvalue weighted by molar-refractivity contribution is 5.97. The van der Waals surface area contributed by atoms with Crippen molar-refractivity contribution in [2.75, 3.05) is 14.1 Å². The summed E-state index contributed by atoms with van der Waals surface area (Å²) in [7, 11) is 3.31. The molecule has 0 saturated heterocycles. The van der Waals surface area contributed by atoms with E-state index in [0.29, 0.717) is 16.7 Å². The van der Waals surface area contributed by atoms with Gasteiger partial charge in [0.2, 0.25) is 5.56 Å². The van der Waals surface area contributed by atoms with Crippen LogP contribution in [0.15, 0.2) is 41.3 Å². The van der Waals surface area contributed by atoms with Gasteiger partial charge in [0.25, 0.3) is 5.91 Å². The van der Waals surface area contributed by atoms with Gasteiger partial charge in [0.05, 0.1) is 5.56 Å². The molecule has 6 nitrogen and oxygen atoms in total. The van der Waals surface area contributed by atoms with Crippen molar-refractivity contribution in [3.63, 3.8) is 0 Å². The summed E-state index contributed by atoms with van der Waals surface area (Å²) in [6, 6.07) is 7.58. The molecule has 0 saturated carbocycles. The van der Waals surface area contributed by atoms with Crippen LogP contribution in [0.25, 0.3) is 11.1 Å². The molecule has 1 aromatic carbocycles. The first kappa shape index (κ1) is 14.5. The number of aromatic amines is 1. The molecule has 0 spiro atoms. The number of carboxylic acids is 1. The summed E-state index contributed by atoms with van der Waals surface area (Å²) in [6.07, 6.45) is 1.36. The van der Waals surface area contributed by atoms with Crippen molar-refractivity contribution in [3.8, 4) is 11.1 Å². The molecule has 0 fully saturated rings. The van der Waals surface area contributed by atoms with E-state index in [0.717, 1.165) is 6.07 Å². The molecule has 0 aliphatic heterocycles. The topological polar surface area (TPSA) is 90.5 Å². The van der Waals surface area contributed by atoms with Gasteiger partial charge >= 0.3 is 5.97 Å². The quantitative estimate of drug-likeness (QED) is 0.893. The van der Waals surface area contributed by atoms with Crippen molar-refractivity contribution in [2.45, 2.75) is 0 Å². The molecular weight excluding hydrogens is 272 g/mol. The van der Waals surface area contributed by atoms with Crippen LogP contribution in [0.2, 0.25) is 0 Å². The van der Waals surface area contributed by atoms with Gasteiger partial charge in [-0.25, -0.2) is 4.79 Å². The van der Waals surface area contributed by atoms with Crippen molar-refractivity contribution in [1.82, 2.24) is 9.88 Å². The molecule has 6 heteroatoms. The van der Waals surface area contributed by atoms with Crippen LogP contribution in [-0.2, 0) is 0 Å². The Labute approximate surface area is 120 Å². The number of carbonyl (C=O) groups excluding carboxylic acids is 1. The largest absolute Gasteiger partial charge is 0.478 e. The van der Waals surface area contributed by atoms with Crippen LogP contribution in [0, 0.1) is 0 Å². The zero-order chi connectivity index (χ0) is 15.6. The number of aromatic nitrogens is 1. The lowest BCUT2D eigenvalue weighted by Gasteiger charge is -2.11. The number of carboxylic acid groups (broad SMARTS) is 1. The minimum absolute atomic E-state index is 0.0783. The summed E-state index contributed by atoms with van der Waals surface area (Å²) in [4.78, 5) is 38.1. The minimum Gasteiger partial charge on any atom is -0.478 e. The highest BCUT2D eigenvalue weighted by Gasteiger charge is 2.13. The molecule has 2 aromatic rings. The fourth-order valence-electron chi connectivity index (χ4n) is 1.94. The van der Waals surface area contributed by atoms with Crippen molar-refractivity contribution in [1.29, 1.82) is 0 Å². The monoisotopic (exact) mass is 286 g/mol. The number of pyridine rings is 1. The number of hydrogen-bond acceptors (Lipinski definition) is 3. The lowest BCUT2D eigenvalue weighted by Crippen LogP contribution is -2.21.